The van der Waals surface area contributed by atoms with Crippen LogP contribution in [0.1, 0.15) is 18.4 Å². The SMILES string of the molecule is C(#Cc1ccccc1)CNCC1CCOCC1. The van der Waals surface area contributed by atoms with Gasteiger partial charge >= 0.3 is 0 Å². The molecule has 0 radical (unpaired) electrons. The third-order valence-electron chi connectivity index (χ3n) is 2.99. The molecule has 0 unspecified atom stereocenters. The van der Waals surface area contributed by atoms with Crippen molar-refractivity contribution >= 4 is 0 Å². The summed E-state index contributed by atoms with van der Waals surface area (Å²) in [5.41, 5.74) is 1.08. The van der Waals surface area contributed by atoms with Gasteiger partial charge in [-0.15, -0.1) is 0 Å². The van der Waals surface area contributed by atoms with Crippen molar-refractivity contribution in [1.82, 2.24) is 5.32 Å². The largest absolute Gasteiger partial charge is 0.381 e. The summed E-state index contributed by atoms with van der Waals surface area (Å²) in [6.45, 7) is 3.67. The Morgan fingerprint density at radius 2 is 1.94 bits per heavy atom. The van der Waals surface area contributed by atoms with Crippen molar-refractivity contribution in [2.24, 2.45) is 5.92 Å². The summed E-state index contributed by atoms with van der Waals surface area (Å²) in [5, 5.41) is 3.40. The number of benzene rings is 1. The van der Waals surface area contributed by atoms with Gasteiger partial charge < -0.3 is 10.1 Å². The average molecular weight is 229 g/mol. The molecule has 1 fully saturated rings. The predicted octanol–water partition coefficient (Wildman–Crippen LogP) is 2.05. The first-order chi connectivity index (χ1) is 8.45. The molecule has 0 amide bonds. The summed E-state index contributed by atoms with van der Waals surface area (Å²) in [6.07, 6.45) is 2.36. The van der Waals surface area contributed by atoms with E-state index in [1.807, 2.05) is 30.3 Å². The Morgan fingerprint density at radius 1 is 1.18 bits per heavy atom. The highest BCUT2D eigenvalue weighted by Gasteiger charge is 2.12. The summed E-state index contributed by atoms with van der Waals surface area (Å²) in [7, 11) is 0. The number of hydrogen-bond acceptors (Lipinski definition) is 2. The minimum Gasteiger partial charge on any atom is -0.381 e. The van der Waals surface area contributed by atoms with Gasteiger partial charge in [-0.1, -0.05) is 30.0 Å². The number of rotatable bonds is 3. The van der Waals surface area contributed by atoms with Crippen molar-refractivity contribution in [3.05, 3.63) is 35.9 Å². The lowest BCUT2D eigenvalue weighted by Crippen LogP contribution is -2.27. The maximum absolute atomic E-state index is 5.33. The van der Waals surface area contributed by atoms with Gasteiger partial charge in [-0.05, 0) is 37.4 Å². The molecular formula is C15H19NO. The van der Waals surface area contributed by atoms with Crippen LogP contribution in [0.15, 0.2) is 30.3 Å². The zero-order chi connectivity index (χ0) is 11.8. The van der Waals surface area contributed by atoms with Crippen LogP contribution in [0, 0.1) is 17.8 Å². The minimum absolute atomic E-state index is 0.766. The van der Waals surface area contributed by atoms with E-state index in [2.05, 4.69) is 17.2 Å². The summed E-state index contributed by atoms with van der Waals surface area (Å²) in [6, 6.07) is 10.1. The molecule has 1 aromatic rings. The standard InChI is InChI=1S/C15H19NO/c1-2-5-14(6-3-1)7-4-10-16-13-15-8-11-17-12-9-15/h1-3,5-6,15-16H,8-13H2. The van der Waals surface area contributed by atoms with Gasteiger partial charge in [-0.3, -0.25) is 0 Å². The number of ether oxygens (including phenoxy) is 1. The van der Waals surface area contributed by atoms with Crippen LogP contribution in [0.5, 0.6) is 0 Å². The van der Waals surface area contributed by atoms with E-state index in [1.165, 1.54) is 12.8 Å². The molecule has 1 aliphatic heterocycles. The van der Waals surface area contributed by atoms with E-state index in [-0.39, 0.29) is 0 Å². The van der Waals surface area contributed by atoms with Crippen LogP contribution in [0.25, 0.3) is 0 Å². The van der Waals surface area contributed by atoms with Crippen molar-refractivity contribution in [3.8, 4) is 11.8 Å². The molecule has 2 nitrogen and oxygen atoms in total. The Kier molecular flexibility index (Phi) is 5.09. The Balaban J connectivity index is 1.64. The lowest BCUT2D eigenvalue weighted by Gasteiger charge is -2.21. The fraction of sp³-hybridized carbons (Fsp3) is 0.467. The van der Waals surface area contributed by atoms with Gasteiger partial charge in [0, 0.05) is 18.8 Å². The van der Waals surface area contributed by atoms with Gasteiger partial charge in [-0.25, -0.2) is 0 Å². The molecule has 90 valence electrons. The monoisotopic (exact) mass is 229 g/mol. The molecule has 0 aromatic heterocycles. The van der Waals surface area contributed by atoms with Gasteiger partial charge in [0.15, 0.2) is 0 Å². The zero-order valence-electron chi connectivity index (χ0n) is 10.1. The smallest absolute Gasteiger partial charge is 0.0580 e. The van der Waals surface area contributed by atoms with E-state index >= 15 is 0 Å². The molecule has 1 aliphatic rings. The molecule has 0 saturated carbocycles. The lowest BCUT2D eigenvalue weighted by molar-refractivity contribution is 0.0666. The van der Waals surface area contributed by atoms with Crippen LogP contribution in [0.2, 0.25) is 0 Å². The number of nitrogens with one attached hydrogen (secondary N) is 1. The average Bonchev–Trinajstić information content (AvgIpc) is 2.41. The van der Waals surface area contributed by atoms with Crippen molar-refractivity contribution in [2.75, 3.05) is 26.3 Å². The van der Waals surface area contributed by atoms with E-state index in [9.17, 15) is 0 Å². The predicted molar refractivity (Wildman–Crippen MR) is 69.7 cm³/mol. The van der Waals surface area contributed by atoms with Crippen LogP contribution < -0.4 is 5.32 Å². The van der Waals surface area contributed by atoms with E-state index in [0.29, 0.717) is 0 Å². The van der Waals surface area contributed by atoms with Crippen molar-refractivity contribution in [1.29, 1.82) is 0 Å². The third-order valence-corrected chi connectivity index (χ3v) is 2.99. The van der Waals surface area contributed by atoms with Gasteiger partial charge in [0.1, 0.15) is 0 Å². The lowest BCUT2D eigenvalue weighted by atomic mass is 10.0. The Morgan fingerprint density at radius 3 is 2.71 bits per heavy atom. The first-order valence-corrected chi connectivity index (χ1v) is 6.27. The molecule has 1 heterocycles. The molecule has 1 saturated heterocycles. The molecule has 2 heteroatoms. The fourth-order valence-corrected chi connectivity index (χ4v) is 1.96. The molecule has 17 heavy (non-hydrogen) atoms. The van der Waals surface area contributed by atoms with E-state index < -0.39 is 0 Å². The van der Waals surface area contributed by atoms with E-state index in [1.54, 1.807) is 0 Å². The topological polar surface area (TPSA) is 21.3 Å². The molecule has 1 aromatic carbocycles. The fourth-order valence-electron chi connectivity index (χ4n) is 1.96. The maximum atomic E-state index is 5.33. The van der Waals surface area contributed by atoms with Crippen LogP contribution in [0.4, 0.5) is 0 Å². The summed E-state index contributed by atoms with van der Waals surface area (Å²) >= 11 is 0. The molecule has 0 atom stereocenters. The third kappa shape index (κ3) is 4.60. The highest BCUT2D eigenvalue weighted by atomic mass is 16.5. The Labute approximate surface area is 103 Å². The van der Waals surface area contributed by atoms with Gasteiger partial charge in [0.25, 0.3) is 0 Å². The summed E-state index contributed by atoms with van der Waals surface area (Å²) in [4.78, 5) is 0. The second-order valence-electron chi connectivity index (χ2n) is 4.35. The van der Waals surface area contributed by atoms with Crippen molar-refractivity contribution < 1.29 is 4.74 Å². The quantitative estimate of drug-likeness (QED) is 0.633. The normalized spacial score (nSPS) is 16.2. The van der Waals surface area contributed by atoms with E-state index in [4.69, 9.17) is 4.74 Å². The molecular weight excluding hydrogens is 210 g/mol. The maximum Gasteiger partial charge on any atom is 0.0580 e. The van der Waals surface area contributed by atoms with Gasteiger partial charge in [0.2, 0.25) is 0 Å². The molecule has 1 N–H and O–H groups in total. The summed E-state index contributed by atoms with van der Waals surface area (Å²) < 4.78 is 5.33. The second-order valence-corrected chi connectivity index (χ2v) is 4.35. The Hall–Kier alpha value is -1.30. The highest BCUT2D eigenvalue weighted by molar-refractivity contribution is 5.33. The molecule has 0 spiro atoms. The second kappa shape index (κ2) is 7.11. The Bertz CT molecular complexity index is 371. The van der Waals surface area contributed by atoms with Crippen LogP contribution in [-0.4, -0.2) is 26.3 Å². The van der Waals surface area contributed by atoms with Gasteiger partial charge in [-0.2, -0.15) is 0 Å². The van der Waals surface area contributed by atoms with Gasteiger partial charge in [0.05, 0.1) is 6.54 Å². The first-order valence-electron chi connectivity index (χ1n) is 6.27. The van der Waals surface area contributed by atoms with Crippen molar-refractivity contribution in [2.45, 2.75) is 12.8 Å². The van der Waals surface area contributed by atoms with Crippen LogP contribution in [-0.2, 0) is 4.74 Å². The first kappa shape index (κ1) is 12.2. The summed E-state index contributed by atoms with van der Waals surface area (Å²) in [5.74, 6) is 7.06. The molecule has 0 aliphatic carbocycles. The van der Waals surface area contributed by atoms with Crippen molar-refractivity contribution in [3.63, 3.8) is 0 Å². The molecule has 2 rings (SSSR count). The zero-order valence-corrected chi connectivity index (χ0v) is 10.1. The van der Waals surface area contributed by atoms with Crippen LogP contribution >= 0.6 is 0 Å². The number of hydrogen-bond donors (Lipinski definition) is 1. The van der Waals surface area contributed by atoms with E-state index in [0.717, 1.165) is 37.8 Å². The van der Waals surface area contributed by atoms with Crippen LogP contribution in [0.3, 0.4) is 0 Å². The molecule has 0 bridgehead atoms. The minimum atomic E-state index is 0.766. The highest BCUT2D eigenvalue weighted by Crippen LogP contribution is 2.12.